The van der Waals surface area contributed by atoms with E-state index in [0.29, 0.717) is 5.56 Å². The number of hydrogen-bond acceptors (Lipinski definition) is 4. The van der Waals surface area contributed by atoms with Crippen LogP contribution < -0.4 is 5.32 Å². The van der Waals surface area contributed by atoms with Crippen LogP contribution in [0.5, 0.6) is 0 Å². The summed E-state index contributed by atoms with van der Waals surface area (Å²) in [7, 11) is 1.90. The maximum Gasteiger partial charge on any atom is 0.134 e. The summed E-state index contributed by atoms with van der Waals surface area (Å²) in [5.41, 5.74) is 1.60. The Morgan fingerprint density at radius 2 is 2.22 bits per heavy atom. The van der Waals surface area contributed by atoms with Gasteiger partial charge in [-0.1, -0.05) is 6.07 Å². The molecule has 0 saturated carbocycles. The number of nitrogens with zero attached hydrogens (tertiary/aromatic N) is 1. The molecule has 2 nitrogen and oxygen atoms in total. The molecule has 0 saturated heterocycles. The SMILES string of the molecule is CNCc1sc(-c2c(F)cccc2SC)nc1C. The van der Waals surface area contributed by atoms with Gasteiger partial charge in [0.15, 0.2) is 0 Å². The fourth-order valence-corrected chi connectivity index (χ4v) is 3.55. The molecule has 0 aliphatic heterocycles. The van der Waals surface area contributed by atoms with Gasteiger partial charge in [0.05, 0.1) is 11.3 Å². The number of thioether (sulfide) groups is 1. The third-order valence-electron chi connectivity index (χ3n) is 2.64. The second-order valence-electron chi connectivity index (χ2n) is 3.88. The number of halogens is 1. The molecule has 1 heterocycles. The summed E-state index contributed by atoms with van der Waals surface area (Å²) in [5.74, 6) is -0.202. The van der Waals surface area contributed by atoms with Gasteiger partial charge >= 0.3 is 0 Å². The average molecular weight is 282 g/mol. The first kappa shape index (κ1) is 13.5. The highest BCUT2D eigenvalue weighted by atomic mass is 32.2. The van der Waals surface area contributed by atoms with Gasteiger partial charge in [0.1, 0.15) is 10.8 Å². The fraction of sp³-hybridized carbons (Fsp3) is 0.308. The van der Waals surface area contributed by atoms with Gasteiger partial charge in [-0.15, -0.1) is 23.1 Å². The van der Waals surface area contributed by atoms with E-state index in [1.165, 1.54) is 6.07 Å². The normalized spacial score (nSPS) is 10.9. The van der Waals surface area contributed by atoms with Crippen LogP contribution in [0.3, 0.4) is 0 Å². The number of nitrogens with one attached hydrogen (secondary N) is 1. The molecule has 0 spiro atoms. The number of rotatable bonds is 4. The van der Waals surface area contributed by atoms with Crippen molar-refractivity contribution in [1.29, 1.82) is 0 Å². The molecule has 5 heteroatoms. The minimum Gasteiger partial charge on any atom is -0.315 e. The molecule has 0 amide bonds. The highest BCUT2D eigenvalue weighted by Gasteiger charge is 2.16. The summed E-state index contributed by atoms with van der Waals surface area (Å²) in [5, 5.41) is 3.87. The van der Waals surface area contributed by atoms with Crippen LogP contribution in [0, 0.1) is 12.7 Å². The summed E-state index contributed by atoms with van der Waals surface area (Å²) in [6.07, 6.45) is 1.95. The van der Waals surface area contributed by atoms with Gasteiger partial charge in [-0.05, 0) is 32.4 Å². The first-order valence-electron chi connectivity index (χ1n) is 5.61. The molecule has 0 unspecified atom stereocenters. The maximum absolute atomic E-state index is 14.0. The topological polar surface area (TPSA) is 24.9 Å². The molecule has 2 rings (SSSR count). The molecular formula is C13H15FN2S2. The summed E-state index contributed by atoms with van der Waals surface area (Å²) in [6, 6.07) is 5.15. The smallest absolute Gasteiger partial charge is 0.134 e. The summed E-state index contributed by atoms with van der Waals surface area (Å²) in [6.45, 7) is 2.73. The van der Waals surface area contributed by atoms with Crippen molar-refractivity contribution in [2.75, 3.05) is 13.3 Å². The van der Waals surface area contributed by atoms with Crippen LogP contribution >= 0.6 is 23.1 Å². The monoisotopic (exact) mass is 282 g/mol. The Balaban J connectivity index is 2.51. The minimum atomic E-state index is -0.202. The molecule has 1 aromatic heterocycles. The van der Waals surface area contributed by atoms with Crippen molar-refractivity contribution in [1.82, 2.24) is 10.3 Å². The van der Waals surface area contributed by atoms with E-state index in [4.69, 9.17) is 0 Å². The first-order chi connectivity index (χ1) is 8.67. The second-order valence-corrected chi connectivity index (χ2v) is 5.81. The van der Waals surface area contributed by atoms with Gasteiger partial charge in [-0.25, -0.2) is 9.37 Å². The Kier molecular flexibility index (Phi) is 4.37. The zero-order valence-electron chi connectivity index (χ0n) is 10.6. The van der Waals surface area contributed by atoms with E-state index in [1.54, 1.807) is 29.2 Å². The number of aryl methyl sites for hydroxylation is 1. The van der Waals surface area contributed by atoms with E-state index < -0.39 is 0 Å². The van der Waals surface area contributed by atoms with Crippen molar-refractivity contribution < 1.29 is 4.39 Å². The molecule has 0 atom stereocenters. The van der Waals surface area contributed by atoms with Crippen molar-refractivity contribution in [3.63, 3.8) is 0 Å². The van der Waals surface area contributed by atoms with E-state index in [1.807, 2.05) is 26.3 Å². The van der Waals surface area contributed by atoms with E-state index in [2.05, 4.69) is 10.3 Å². The lowest BCUT2D eigenvalue weighted by molar-refractivity contribution is 0.628. The predicted octanol–water partition coefficient (Wildman–Crippen LogP) is 3.70. The quantitative estimate of drug-likeness (QED) is 0.866. The number of benzene rings is 1. The largest absolute Gasteiger partial charge is 0.315 e. The van der Waals surface area contributed by atoms with E-state index >= 15 is 0 Å². The van der Waals surface area contributed by atoms with E-state index in [-0.39, 0.29) is 5.82 Å². The van der Waals surface area contributed by atoms with Crippen LogP contribution in [-0.4, -0.2) is 18.3 Å². The van der Waals surface area contributed by atoms with Crippen molar-refractivity contribution in [2.45, 2.75) is 18.4 Å². The molecule has 0 radical (unpaired) electrons. The summed E-state index contributed by atoms with van der Waals surface area (Å²) >= 11 is 3.10. The predicted molar refractivity (Wildman–Crippen MR) is 76.8 cm³/mol. The zero-order chi connectivity index (χ0) is 13.1. The van der Waals surface area contributed by atoms with Crippen LogP contribution in [0.1, 0.15) is 10.6 Å². The highest BCUT2D eigenvalue weighted by Crippen LogP contribution is 2.36. The van der Waals surface area contributed by atoms with E-state index in [0.717, 1.165) is 27.0 Å². The molecule has 2 aromatic rings. The third-order valence-corrected chi connectivity index (χ3v) is 4.59. The van der Waals surface area contributed by atoms with Crippen LogP contribution in [0.2, 0.25) is 0 Å². The van der Waals surface area contributed by atoms with Crippen LogP contribution in [0.4, 0.5) is 4.39 Å². The molecule has 18 heavy (non-hydrogen) atoms. The Hall–Kier alpha value is -0.910. The molecule has 0 aliphatic rings. The average Bonchev–Trinajstić information content (AvgIpc) is 2.70. The van der Waals surface area contributed by atoms with Crippen LogP contribution in [-0.2, 0) is 6.54 Å². The van der Waals surface area contributed by atoms with Crippen molar-refractivity contribution in [3.8, 4) is 10.6 Å². The second kappa shape index (κ2) is 5.82. The lowest BCUT2D eigenvalue weighted by Gasteiger charge is -2.05. The highest BCUT2D eigenvalue weighted by molar-refractivity contribution is 7.98. The number of thiazole rings is 1. The maximum atomic E-state index is 14.0. The van der Waals surface area contributed by atoms with Crippen LogP contribution in [0.15, 0.2) is 23.1 Å². The lowest BCUT2D eigenvalue weighted by atomic mass is 10.2. The zero-order valence-corrected chi connectivity index (χ0v) is 12.2. The minimum absolute atomic E-state index is 0.202. The Morgan fingerprint density at radius 1 is 1.44 bits per heavy atom. The fourth-order valence-electron chi connectivity index (χ4n) is 1.74. The molecule has 0 fully saturated rings. The third kappa shape index (κ3) is 2.58. The number of aromatic nitrogens is 1. The Bertz CT molecular complexity index is 552. The Labute approximate surface area is 115 Å². The van der Waals surface area contributed by atoms with Gasteiger partial charge in [0, 0.05) is 16.3 Å². The molecule has 96 valence electrons. The van der Waals surface area contributed by atoms with Crippen molar-refractivity contribution in [2.24, 2.45) is 0 Å². The molecule has 0 bridgehead atoms. The van der Waals surface area contributed by atoms with Gasteiger partial charge in [-0.3, -0.25) is 0 Å². The van der Waals surface area contributed by atoms with Gasteiger partial charge in [0.2, 0.25) is 0 Å². The van der Waals surface area contributed by atoms with Crippen molar-refractivity contribution >= 4 is 23.1 Å². The summed E-state index contributed by atoms with van der Waals surface area (Å²) < 4.78 is 14.0. The first-order valence-corrected chi connectivity index (χ1v) is 7.65. The molecule has 0 aliphatic carbocycles. The molecule has 1 N–H and O–H groups in total. The van der Waals surface area contributed by atoms with Gasteiger partial charge in [0.25, 0.3) is 0 Å². The summed E-state index contributed by atoms with van der Waals surface area (Å²) in [4.78, 5) is 6.58. The Morgan fingerprint density at radius 3 is 2.89 bits per heavy atom. The van der Waals surface area contributed by atoms with Gasteiger partial charge in [-0.2, -0.15) is 0 Å². The van der Waals surface area contributed by atoms with Gasteiger partial charge < -0.3 is 5.32 Å². The molecule has 1 aromatic carbocycles. The standard InChI is InChI=1S/C13H15FN2S2/c1-8-11(7-15-2)18-13(16-8)12-9(14)5-4-6-10(12)17-3/h4-6,15H,7H2,1-3H3. The van der Waals surface area contributed by atoms with Crippen molar-refractivity contribution in [3.05, 3.63) is 34.6 Å². The van der Waals surface area contributed by atoms with Crippen LogP contribution in [0.25, 0.3) is 10.6 Å². The number of hydrogen-bond donors (Lipinski definition) is 1. The molecular weight excluding hydrogens is 267 g/mol. The van der Waals surface area contributed by atoms with E-state index in [9.17, 15) is 4.39 Å². The lowest BCUT2D eigenvalue weighted by Crippen LogP contribution is -2.04.